The van der Waals surface area contributed by atoms with Gasteiger partial charge in [0.15, 0.2) is 0 Å². The number of hydrogen-bond acceptors (Lipinski definition) is 3. The van der Waals surface area contributed by atoms with E-state index in [4.69, 9.17) is 5.73 Å². The Balaban J connectivity index is 2.27. The van der Waals surface area contributed by atoms with Crippen molar-refractivity contribution in [2.75, 3.05) is 20.1 Å². The van der Waals surface area contributed by atoms with Gasteiger partial charge in [-0.2, -0.15) is 0 Å². The molecule has 1 atom stereocenters. The first-order chi connectivity index (χ1) is 8.91. The minimum absolute atomic E-state index is 0.0441. The van der Waals surface area contributed by atoms with E-state index in [0.717, 1.165) is 6.54 Å². The summed E-state index contributed by atoms with van der Waals surface area (Å²) < 4.78 is 0. The van der Waals surface area contributed by atoms with Gasteiger partial charge in [0, 0.05) is 13.6 Å². The van der Waals surface area contributed by atoms with Gasteiger partial charge in [-0.3, -0.25) is 9.59 Å². The average molecular weight is 269 g/mol. The molecule has 2 amide bonds. The van der Waals surface area contributed by atoms with Crippen LogP contribution >= 0.6 is 0 Å². The second kappa shape index (κ2) is 7.48. The van der Waals surface area contributed by atoms with E-state index >= 15 is 0 Å². The number of carbonyl (C=O) groups excluding carboxylic acids is 2. The minimum atomic E-state index is -0.548. The van der Waals surface area contributed by atoms with Crippen LogP contribution in [0.15, 0.2) is 0 Å². The lowest BCUT2D eigenvalue weighted by Gasteiger charge is -2.22. The van der Waals surface area contributed by atoms with Crippen molar-refractivity contribution in [3.8, 4) is 0 Å². The van der Waals surface area contributed by atoms with E-state index in [1.165, 1.54) is 25.7 Å². The highest BCUT2D eigenvalue weighted by molar-refractivity contribution is 5.87. The molecule has 0 unspecified atom stereocenters. The van der Waals surface area contributed by atoms with E-state index < -0.39 is 6.04 Å². The van der Waals surface area contributed by atoms with Crippen LogP contribution in [0.2, 0.25) is 0 Å². The fraction of sp³-hybridized carbons (Fsp3) is 0.857. The van der Waals surface area contributed by atoms with Gasteiger partial charge in [0.1, 0.15) is 0 Å². The lowest BCUT2D eigenvalue weighted by molar-refractivity contribution is -0.132. The van der Waals surface area contributed by atoms with E-state index in [1.54, 1.807) is 11.9 Å². The lowest BCUT2D eigenvalue weighted by Crippen LogP contribution is -2.47. The van der Waals surface area contributed by atoms with Crippen molar-refractivity contribution in [1.29, 1.82) is 0 Å². The Morgan fingerprint density at radius 1 is 1.32 bits per heavy atom. The van der Waals surface area contributed by atoms with Crippen LogP contribution in [0.1, 0.15) is 39.5 Å². The molecule has 0 aliphatic heterocycles. The highest BCUT2D eigenvalue weighted by atomic mass is 16.2. The standard InChI is InChI=1S/C14H27N3O2/c1-10(2)13(15)14(19)16-8-12(18)17(3)9-11-6-4-5-7-11/h10-11,13H,4-9,15H2,1-3H3,(H,16,19)/t13-/m0/s1. The number of nitrogens with one attached hydrogen (secondary N) is 1. The summed E-state index contributed by atoms with van der Waals surface area (Å²) >= 11 is 0. The summed E-state index contributed by atoms with van der Waals surface area (Å²) in [5, 5.41) is 2.61. The summed E-state index contributed by atoms with van der Waals surface area (Å²) in [4.78, 5) is 25.3. The quantitative estimate of drug-likeness (QED) is 0.746. The number of hydrogen-bond donors (Lipinski definition) is 2. The first-order valence-corrected chi connectivity index (χ1v) is 7.19. The summed E-state index contributed by atoms with van der Waals surface area (Å²) in [6, 6.07) is -0.548. The number of carbonyl (C=O) groups is 2. The monoisotopic (exact) mass is 269 g/mol. The molecule has 1 aliphatic carbocycles. The molecule has 19 heavy (non-hydrogen) atoms. The van der Waals surface area contributed by atoms with Gasteiger partial charge in [-0.05, 0) is 24.7 Å². The Morgan fingerprint density at radius 2 is 1.89 bits per heavy atom. The zero-order valence-electron chi connectivity index (χ0n) is 12.3. The Hall–Kier alpha value is -1.10. The second-order valence-electron chi connectivity index (χ2n) is 5.91. The van der Waals surface area contributed by atoms with E-state index in [1.807, 2.05) is 13.8 Å². The Morgan fingerprint density at radius 3 is 2.42 bits per heavy atom. The van der Waals surface area contributed by atoms with Gasteiger partial charge in [-0.1, -0.05) is 26.7 Å². The molecule has 5 nitrogen and oxygen atoms in total. The maximum absolute atomic E-state index is 11.9. The molecule has 1 saturated carbocycles. The van der Waals surface area contributed by atoms with Crippen LogP contribution in [0, 0.1) is 11.8 Å². The molecule has 1 fully saturated rings. The van der Waals surface area contributed by atoms with E-state index in [9.17, 15) is 9.59 Å². The van der Waals surface area contributed by atoms with E-state index in [-0.39, 0.29) is 24.3 Å². The molecule has 110 valence electrons. The predicted molar refractivity (Wildman–Crippen MR) is 75.4 cm³/mol. The Labute approximate surface area is 115 Å². The molecule has 1 aliphatic rings. The van der Waals surface area contributed by atoms with Crippen LogP contribution in [0.3, 0.4) is 0 Å². The molecule has 1 rings (SSSR count). The summed E-state index contributed by atoms with van der Waals surface area (Å²) in [7, 11) is 1.80. The van der Waals surface area contributed by atoms with Crippen LogP contribution in [-0.2, 0) is 9.59 Å². The molecule has 3 N–H and O–H groups in total. The van der Waals surface area contributed by atoms with Crippen molar-refractivity contribution in [2.45, 2.75) is 45.6 Å². The summed E-state index contributed by atoms with van der Waals surface area (Å²) in [5.74, 6) is 0.405. The van der Waals surface area contributed by atoms with Crippen molar-refractivity contribution in [1.82, 2.24) is 10.2 Å². The minimum Gasteiger partial charge on any atom is -0.346 e. The predicted octanol–water partition coefficient (Wildman–Crippen LogP) is 0.735. The molecule has 0 saturated heterocycles. The van der Waals surface area contributed by atoms with Gasteiger partial charge in [-0.25, -0.2) is 0 Å². The largest absolute Gasteiger partial charge is 0.346 e. The maximum Gasteiger partial charge on any atom is 0.241 e. The van der Waals surface area contributed by atoms with Crippen molar-refractivity contribution >= 4 is 11.8 Å². The molecule has 0 radical (unpaired) electrons. The number of nitrogens with zero attached hydrogens (tertiary/aromatic N) is 1. The zero-order chi connectivity index (χ0) is 14.4. The zero-order valence-corrected chi connectivity index (χ0v) is 12.3. The van der Waals surface area contributed by atoms with Crippen LogP contribution < -0.4 is 11.1 Å². The molecule has 0 aromatic carbocycles. The summed E-state index contributed by atoms with van der Waals surface area (Å²) in [6.07, 6.45) is 4.96. The number of amides is 2. The highest BCUT2D eigenvalue weighted by Gasteiger charge is 2.21. The van der Waals surface area contributed by atoms with Crippen molar-refractivity contribution in [2.24, 2.45) is 17.6 Å². The van der Waals surface area contributed by atoms with Gasteiger partial charge in [-0.15, -0.1) is 0 Å². The average Bonchev–Trinajstić information content (AvgIpc) is 2.86. The SMILES string of the molecule is CC(C)[C@H](N)C(=O)NCC(=O)N(C)CC1CCCC1. The third kappa shape index (κ3) is 5.19. The second-order valence-corrected chi connectivity index (χ2v) is 5.91. The molecule has 0 bridgehead atoms. The molecule has 0 aromatic heterocycles. The molecular formula is C14H27N3O2. The van der Waals surface area contributed by atoms with Crippen molar-refractivity contribution < 1.29 is 9.59 Å². The summed E-state index contributed by atoms with van der Waals surface area (Å²) in [6.45, 7) is 4.62. The number of likely N-dealkylation sites (N-methyl/N-ethyl adjacent to an activating group) is 1. The van der Waals surface area contributed by atoms with Crippen LogP contribution in [0.4, 0.5) is 0 Å². The third-order valence-electron chi connectivity index (χ3n) is 3.87. The fourth-order valence-electron chi connectivity index (χ4n) is 2.40. The molecular weight excluding hydrogens is 242 g/mol. The lowest BCUT2D eigenvalue weighted by atomic mass is 10.1. The summed E-state index contributed by atoms with van der Waals surface area (Å²) in [5.41, 5.74) is 5.72. The Bertz CT molecular complexity index is 312. The molecule has 0 spiro atoms. The van der Waals surface area contributed by atoms with Crippen molar-refractivity contribution in [3.05, 3.63) is 0 Å². The van der Waals surface area contributed by atoms with E-state index in [0.29, 0.717) is 5.92 Å². The highest BCUT2D eigenvalue weighted by Crippen LogP contribution is 2.25. The smallest absolute Gasteiger partial charge is 0.241 e. The van der Waals surface area contributed by atoms with Crippen LogP contribution in [0.5, 0.6) is 0 Å². The van der Waals surface area contributed by atoms with Gasteiger partial charge in [0.05, 0.1) is 12.6 Å². The van der Waals surface area contributed by atoms with Crippen LogP contribution in [-0.4, -0.2) is 42.9 Å². The van der Waals surface area contributed by atoms with E-state index in [2.05, 4.69) is 5.32 Å². The molecule has 0 aromatic rings. The number of nitrogens with two attached hydrogens (primary N) is 1. The van der Waals surface area contributed by atoms with Gasteiger partial charge in [0.2, 0.25) is 11.8 Å². The fourth-order valence-corrected chi connectivity index (χ4v) is 2.40. The first-order valence-electron chi connectivity index (χ1n) is 7.19. The Kier molecular flexibility index (Phi) is 6.28. The van der Waals surface area contributed by atoms with Crippen LogP contribution in [0.25, 0.3) is 0 Å². The van der Waals surface area contributed by atoms with Gasteiger partial charge in [0.25, 0.3) is 0 Å². The van der Waals surface area contributed by atoms with Crippen molar-refractivity contribution in [3.63, 3.8) is 0 Å². The van der Waals surface area contributed by atoms with Gasteiger partial charge >= 0.3 is 0 Å². The topological polar surface area (TPSA) is 75.4 Å². The number of rotatable bonds is 6. The normalized spacial score (nSPS) is 17.5. The first kappa shape index (κ1) is 16.0. The third-order valence-corrected chi connectivity index (χ3v) is 3.87. The van der Waals surface area contributed by atoms with Gasteiger partial charge < -0.3 is 16.0 Å². The molecule has 5 heteroatoms. The molecule has 0 heterocycles. The maximum atomic E-state index is 11.9.